The van der Waals surface area contributed by atoms with Crippen molar-refractivity contribution in [2.45, 2.75) is 43.3 Å². The summed E-state index contributed by atoms with van der Waals surface area (Å²) >= 11 is 0. The van der Waals surface area contributed by atoms with Gasteiger partial charge in [0.2, 0.25) is 0 Å². The van der Waals surface area contributed by atoms with E-state index in [1.54, 1.807) is 14.2 Å². The molecule has 0 saturated heterocycles. The molecule has 1 saturated carbocycles. The normalized spacial score (nSPS) is 26.7. The largest absolute Gasteiger partial charge is 0.497 e. The molecule has 0 spiro atoms. The average Bonchev–Trinajstić information content (AvgIpc) is 2.82. The first kappa shape index (κ1) is 17.8. The van der Waals surface area contributed by atoms with Gasteiger partial charge < -0.3 is 19.7 Å². The van der Waals surface area contributed by atoms with Crippen LogP contribution in [0.15, 0.2) is 48.5 Å². The van der Waals surface area contributed by atoms with Gasteiger partial charge in [-0.05, 0) is 67.5 Å². The Hall–Kier alpha value is -2.04. The number of rotatable bonds is 4. The van der Waals surface area contributed by atoms with Gasteiger partial charge in [-0.1, -0.05) is 24.3 Å². The molecule has 0 aromatic heterocycles. The van der Waals surface area contributed by atoms with Crippen molar-refractivity contribution in [2.24, 2.45) is 0 Å². The summed E-state index contributed by atoms with van der Waals surface area (Å²) in [6.45, 7) is 0. The van der Waals surface area contributed by atoms with Gasteiger partial charge in [0.25, 0.3) is 0 Å². The summed E-state index contributed by atoms with van der Waals surface area (Å²) in [5.41, 5.74) is -0.0635. The Morgan fingerprint density at radius 1 is 0.640 bits per heavy atom. The van der Waals surface area contributed by atoms with Gasteiger partial charge >= 0.3 is 0 Å². The van der Waals surface area contributed by atoms with E-state index in [0.717, 1.165) is 29.0 Å². The lowest BCUT2D eigenvalue weighted by Gasteiger charge is -2.30. The van der Waals surface area contributed by atoms with Crippen LogP contribution in [0, 0.1) is 0 Å². The maximum Gasteiger partial charge on any atom is 0.118 e. The third-order valence-electron chi connectivity index (χ3n) is 5.39. The van der Waals surface area contributed by atoms with E-state index in [1.807, 2.05) is 48.5 Å². The molecule has 2 aromatic carbocycles. The number of benzene rings is 2. The van der Waals surface area contributed by atoms with Gasteiger partial charge in [-0.25, -0.2) is 0 Å². The van der Waals surface area contributed by atoms with Crippen molar-refractivity contribution < 1.29 is 19.7 Å². The summed E-state index contributed by atoms with van der Waals surface area (Å²) in [4.78, 5) is 0. The van der Waals surface area contributed by atoms with E-state index in [1.165, 1.54) is 0 Å². The molecule has 0 aliphatic heterocycles. The first-order valence-electron chi connectivity index (χ1n) is 8.73. The molecule has 4 heteroatoms. The van der Waals surface area contributed by atoms with Gasteiger partial charge in [-0.3, -0.25) is 0 Å². The highest BCUT2D eigenvalue weighted by Crippen LogP contribution is 2.43. The number of hydrogen-bond donors (Lipinski definition) is 2. The molecule has 0 radical (unpaired) electrons. The van der Waals surface area contributed by atoms with Crippen LogP contribution in [0.5, 0.6) is 11.5 Å². The fourth-order valence-corrected chi connectivity index (χ4v) is 3.72. The molecule has 0 amide bonds. The minimum Gasteiger partial charge on any atom is -0.497 e. The lowest BCUT2D eigenvalue weighted by atomic mass is 9.83. The van der Waals surface area contributed by atoms with Crippen molar-refractivity contribution in [1.29, 1.82) is 0 Å². The van der Waals surface area contributed by atoms with Gasteiger partial charge in [0.15, 0.2) is 0 Å². The fraction of sp³-hybridized carbons (Fsp3) is 0.429. The average molecular weight is 342 g/mol. The predicted molar refractivity (Wildman–Crippen MR) is 96.9 cm³/mol. The first-order valence-corrected chi connectivity index (χ1v) is 8.73. The maximum atomic E-state index is 11.2. The molecular formula is C21H26O4. The third-order valence-corrected chi connectivity index (χ3v) is 5.39. The SMILES string of the molecule is COc1ccc([C@@]2(O)CCC[C@@](O)(c3ccc(OC)cc3)CC2)cc1. The fourth-order valence-electron chi connectivity index (χ4n) is 3.72. The number of ether oxygens (including phenoxy) is 2. The first-order chi connectivity index (χ1) is 12.0. The molecule has 25 heavy (non-hydrogen) atoms. The molecule has 2 aromatic rings. The Morgan fingerprint density at radius 3 is 1.32 bits per heavy atom. The summed E-state index contributed by atoms with van der Waals surface area (Å²) in [6, 6.07) is 15.1. The van der Waals surface area contributed by atoms with Crippen LogP contribution < -0.4 is 9.47 Å². The van der Waals surface area contributed by atoms with E-state index in [9.17, 15) is 10.2 Å². The van der Waals surface area contributed by atoms with Crippen molar-refractivity contribution in [3.63, 3.8) is 0 Å². The van der Waals surface area contributed by atoms with Crippen LogP contribution in [0.1, 0.15) is 43.2 Å². The highest BCUT2D eigenvalue weighted by molar-refractivity contribution is 5.33. The molecule has 1 fully saturated rings. The Balaban J connectivity index is 1.80. The summed E-state index contributed by atoms with van der Waals surface area (Å²) in [7, 11) is 3.26. The highest BCUT2D eigenvalue weighted by Gasteiger charge is 2.39. The third kappa shape index (κ3) is 3.65. The zero-order chi connectivity index (χ0) is 17.9. The smallest absolute Gasteiger partial charge is 0.118 e. The molecule has 3 rings (SSSR count). The van der Waals surface area contributed by atoms with Crippen LogP contribution in [-0.2, 0) is 11.2 Å². The Morgan fingerprint density at radius 2 is 1.00 bits per heavy atom. The second kappa shape index (κ2) is 7.06. The van der Waals surface area contributed by atoms with Gasteiger partial charge in [0.05, 0.1) is 25.4 Å². The van der Waals surface area contributed by atoms with Crippen molar-refractivity contribution in [3.05, 3.63) is 59.7 Å². The van der Waals surface area contributed by atoms with E-state index < -0.39 is 11.2 Å². The highest BCUT2D eigenvalue weighted by atomic mass is 16.5. The number of hydrogen-bond acceptors (Lipinski definition) is 4. The molecule has 1 aliphatic carbocycles. The van der Waals surface area contributed by atoms with Gasteiger partial charge in [-0.15, -0.1) is 0 Å². The number of aliphatic hydroxyl groups is 2. The zero-order valence-electron chi connectivity index (χ0n) is 14.9. The van der Waals surface area contributed by atoms with Crippen LogP contribution in [0.25, 0.3) is 0 Å². The maximum absolute atomic E-state index is 11.2. The van der Waals surface area contributed by atoms with E-state index in [-0.39, 0.29) is 0 Å². The van der Waals surface area contributed by atoms with Crippen molar-refractivity contribution in [3.8, 4) is 11.5 Å². The van der Waals surface area contributed by atoms with Crippen molar-refractivity contribution in [1.82, 2.24) is 0 Å². The molecule has 2 N–H and O–H groups in total. The second-order valence-electron chi connectivity index (χ2n) is 6.87. The lowest BCUT2D eigenvalue weighted by Crippen LogP contribution is -2.28. The monoisotopic (exact) mass is 342 g/mol. The summed E-state index contributed by atoms with van der Waals surface area (Å²) in [6.07, 6.45) is 3.06. The van der Waals surface area contributed by atoms with E-state index in [2.05, 4.69) is 0 Å². The molecule has 134 valence electrons. The van der Waals surface area contributed by atoms with Crippen LogP contribution in [-0.4, -0.2) is 24.4 Å². The van der Waals surface area contributed by atoms with E-state index >= 15 is 0 Å². The molecule has 0 unspecified atom stereocenters. The Bertz CT molecular complexity index is 633. The lowest BCUT2D eigenvalue weighted by molar-refractivity contribution is -0.00778. The van der Waals surface area contributed by atoms with Gasteiger partial charge in [-0.2, -0.15) is 0 Å². The Labute approximate surface area is 149 Å². The van der Waals surface area contributed by atoms with E-state index in [0.29, 0.717) is 25.7 Å². The van der Waals surface area contributed by atoms with Crippen LogP contribution in [0.4, 0.5) is 0 Å². The van der Waals surface area contributed by atoms with Crippen molar-refractivity contribution >= 4 is 0 Å². The van der Waals surface area contributed by atoms with Gasteiger partial charge in [0.1, 0.15) is 11.5 Å². The van der Waals surface area contributed by atoms with Crippen LogP contribution in [0.2, 0.25) is 0 Å². The summed E-state index contributed by atoms with van der Waals surface area (Å²) < 4.78 is 10.4. The minimum atomic E-state index is -0.913. The Kier molecular flexibility index (Phi) is 5.02. The molecule has 4 nitrogen and oxygen atoms in total. The van der Waals surface area contributed by atoms with Crippen LogP contribution >= 0.6 is 0 Å². The molecule has 2 atom stereocenters. The minimum absolute atomic E-state index is 0.516. The zero-order valence-corrected chi connectivity index (χ0v) is 14.9. The van der Waals surface area contributed by atoms with E-state index in [4.69, 9.17) is 9.47 Å². The second-order valence-corrected chi connectivity index (χ2v) is 6.87. The molecule has 0 heterocycles. The standard InChI is InChI=1S/C21H26O4/c1-24-18-8-4-16(5-9-18)20(22)12-3-13-21(23,15-14-20)17-6-10-19(25-2)11-7-17/h4-11,22-23H,3,12-15H2,1-2H3/t20-,21+. The molecule has 1 aliphatic rings. The molecule has 0 bridgehead atoms. The predicted octanol–water partition coefficient (Wildman–Crippen LogP) is 3.74. The van der Waals surface area contributed by atoms with Crippen LogP contribution in [0.3, 0.4) is 0 Å². The molecular weight excluding hydrogens is 316 g/mol. The quantitative estimate of drug-likeness (QED) is 0.831. The summed E-state index contributed by atoms with van der Waals surface area (Å²) in [5, 5.41) is 22.4. The van der Waals surface area contributed by atoms with Gasteiger partial charge in [0, 0.05) is 0 Å². The topological polar surface area (TPSA) is 58.9 Å². The summed E-state index contributed by atoms with van der Waals surface area (Å²) in [5.74, 6) is 1.55. The number of methoxy groups -OCH3 is 2. The van der Waals surface area contributed by atoms with Crippen molar-refractivity contribution in [2.75, 3.05) is 14.2 Å².